The molecule has 2 aromatic rings. The van der Waals surface area contributed by atoms with E-state index in [2.05, 4.69) is 21.9 Å². The van der Waals surface area contributed by atoms with E-state index in [-0.39, 0.29) is 0 Å². The Morgan fingerprint density at radius 1 is 1.14 bits per heavy atom. The van der Waals surface area contributed by atoms with Gasteiger partial charge in [0.2, 0.25) is 0 Å². The molecule has 0 spiro atoms. The molecule has 1 saturated carbocycles. The van der Waals surface area contributed by atoms with Crippen molar-refractivity contribution in [1.82, 2.24) is 9.88 Å². The minimum absolute atomic E-state index is 0.609. The van der Waals surface area contributed by atoms with Gasteiger partial charge in [0.15, 0.2) is 0 Å². The number of methoxy groups -OCH3 is 1. The molecule has 1 aliphatic carbocycles. The van der Waals surface area contributed by atoms with Crippen LogP contribution in [0.2, 0.25) is 5.02 Å². The van der Waals surface area contributed by atoms with Crippen LogP contribution in [0.1, 0.15) is 12.8 Å². The van der Waals surface area contributed by atoms with Crippen molar-refractivity contribution in [2.75, 3.05) is 38.2 Å². The summed E-state index contributed by atoms with van der Waals surface area (Å²) in [6.07, 6.45) is 2.77. The van der Waals surface area contributed by atoms with E-state index in [0.717, 1.165) is 48.9 Å². The van der Waals surface area contributed by atoms with Gasteiger partial charge in [-0.1, -0.05) is 11.6 Å². The predicted molar refractivity (Wildman–Crippen MR) is 90.1 cm³/mol. The van der Waals surface area contributed by atoms with Crippen LogP contribution < -0.4 is 9.64 Å². The van der Waals surface area contributed by atoms with Crippen molar-refractivity contribution < 1.29 is 4.74 Å². The van der Waals surface area contributed by atoms with Gasteiger partial charge in [-0.05, 0) is 37.1 Å². The van der Waals surface area contributed by atoms with Crippen molar-refractivity contribution in [2.24, 2.45) is 0 Å². The number of fused-ring (bicyclic) bond motifs is 1. The Balaban J connectivity index is 1.57. The first-order valence-corrected chi connectivity index (χ1v) is 8.26. The van der Waals surface area contributed by atoms with Crippen LogP contribution in [0.25, 0.3) is 10.9 Å². The molecule has 1 aromatic heterocycles. The molecule has 0 amide bonds. The first-order valence-electron chi connectivity index (χ1n) is 7.88. The van der Waals surface area contributed by atoms with Crippen LogP contribution in [0.15, 0.2) is 24.3 Å². The monoisotopic (exact) mass is 317 g/mol. The molecule has 5 heteroatoms. The minimum Gasteiger partial charge on any atom is -0.495 e. The zero-order valence-electron chi connectivity index (χ0n) is 12.8. The molecule has 4 rings (SSSR count). The summed E-state index contributed by atoms with van der Waals surface area (Å²) in [7, 11) is 1.63. The molecule has 4 nitrogen and oxygen atoms in total. The lowest BCUT2D eigenvalue weighted by Gasteiger charge is -2.35. The lowest BCUT2D eigenvalue weighted by Crippen LogP contribution is -2.47. The van der Waals surface area contributed by atoms with Gasteiger partial charge in [-0.3, -0.25) is 4.90 Å². The zero-order chi connectivity index (χ0) is 15.1. The third-order valence-corrected chi connectivity index (χ3v) is 4.94. The highest BCUT2D eigenvalue weighted by molar-refractivity contribution is 6.32. The third kappa shape index (κ3) is 2.61. The van der Waals surface area contributed by atoms with E-state index in [9.17, 15) is 0 Å². The Morgan fingerprint density at radius 3 is 2.59 bits per heavy atom. The smallest absolute Gasteiger partial charge is 0.138 e. The highest BCUT2D eigenvalue weighted by Crippen LogP contribution is 2.31. The van der Waals surface area contributed by atoms with Gasteiger partial charge >= 0.3 is 0 Å². The van der Waals surface area contributed by atoms with E-state index >= 15 is 0 Å². The molecule has 1 saturated heterocycles. The summed E-state index contributed by atoms with van der Waals surface area (Å²) in [5, 5.41) is 1.67. The van der Waals surface area contributed by atoms with Gasteiger partial charge in [-0.15, -0.1) is 0 Å². The molecule has 0 N–H and O–H groups in total. The molecule has 2 aliphatic rings. The van der Waals surface area contributed by atoms with E-state index in [1.807, 2.05) is 12.1 Å². The number of aromatic nitrogens is 1. The summed E-state index contributed by atoms with van der Waals surface area (Å²) in [4.78, 5) is 9.77. The second-order valence-electron chi connectivity index (χ2n) is 6.10. The van der Waals surface area contributed by atoms with Crippen LogP contribution in [-0.2, 0) is 0 Å². The van der Waals surface area contributed by atoms with E-state index in [4.69, 9.17) is 21.3 Å². The number of rotatable bonds is 3. The second kappa shape index (κ2) is 5.60. The summed E-state index contributed by atoms with van der Waals surface area (Å²) in [5.74, 6) is 1.74. The Kier molecular flexibility index (Phi) is 3.59. The number of hydrogen-bond donors (Lipinski definition) is 0. The van der Waals surface area contributed by atoms with Crippen LogP contribution in [-0.4, -0.2) is 49.2 Å². The number of halogens is 1. The number of hydrogen-bond acceptors (Lipinski definition) is 4. The first-order chi connectivity index (χ1) is 10.7. The molecule has 22 heavy (non-hydrogen) atoms. The Morgan fingerprint density at radius 2 is 1.91 bits per heavy atom. The topological polar surface area (TPSA) is 28.6 Å². The molecule has 1 aromatic carbocycles. The standard InChI is InChI=1S/C17H20ClN3O/c1-22-16-10-12-2-5-17(19-15(12)11-14(16)18)21-8-6-20(7-9-21)13-3-4-13/h2,5,10-11,13H,3-4,6-9H2,1H3. The predicted octanol–water partition coefficient (Wildman–Crippen LogP) is 3.18. The van der Waals surface area contributed by atoms with Crippen LogP contribution in [0.3, 0.4) is 0 Å². The molecule has 0 bridgehead atoms. The maximum atomic E-state index is 6.22. The molecule has 0 atom stereocenters. The molecule has 2 heterocycles. The van der Waals surface area contributed by atoms with E-state index in [1.54, 1.807) is 7.11 Å². The van der Waals surface area contributed by atoms with Crippen LogP contribution >= 0.6 is 11.6 Å². The van der Waals surface area contributed by atoms with Gasteiger partial charge in [0.05, 0.1) is 17.6 Å². The van der Waals surface area contributed by atoms with Gasteiger partial charge in [0.1, 0.15) is 11.6 Å². The zero-order valence-corrected chi connectivity index (χ0v) is 13.5. The summed E-state index contributed by atoms with van der Waals surface area (Å²) in [5.41, 5.74) is 0.924. The molecule has 2 fully saturated rings. The number of piperazine rings is 1. The van der Waals surface area contributed by atoms with Gasteiger partial charge in [-0.2, -0.15) is 0 Å². The minimum atomic E-state index is 0.609. The normalized spacial score (nSPS) is 19.6. The molecular formula is C17H20ClN3O. The van der Waals surface area contributed by atoms with Crippen molar-refractivity contribution in [1.29, 1.82) is 0 Å². The summed E-state index contributed by atoms with van der Waals surface area (Å²) < 4.78 is 5.26. The number of nitrogens with zero attached hydrogens (tertiary/aromatic N) is 3. The summed E-state index contributed by atoms with van der Waals surface area (Å²) >= 11 is 6.22. The van der Waals surface area contributed by atoms with E-state index in [1.165, 1.54) is 12.8 Å². The average Bonchev–Trinajstić information content (AvgIpc) is 3.39. The van der Waals surface area contributed by atoms with Gasteiger partial charge in [0.25, 0.3) is 0 Å². The molecule has 116 valence electrons. The highest BCUT2D eigenvalue weighted by Gasteiger charge is 2.31. The fourth-order valence-electron chi connectivity index (χ4n) is 3.20. The van der Waals surface area contributed by atoms with Gasteiger partial charge in [0, 0.05) is 37.6 Å². The van der Waals surface area contributed by atoms with Crippen LogP contribution in [0.5, 0.6) is 5.75 Å². The maximum absolute atomic E-state index is 6.22. The molecule has 0 unspecified atom stereocenters. The van der Waals surface area contributed by atoms with Crippen LogP contribution in [0.4, 0.5) is 5.82 Å². The van der Waals surface area contributed by atoms with Crippen molar-refractivity contribution in [3.63, 3.8) is 0 Å². The fraction of sp³-hybridized carbons (Fsp3) is 0.471. The average molecular weight is 318 g/mol. The van der Waals surface area contributed by atoms with Crippen molar-refractivity contribution in [3.8, 4) is 5.75 Å². The molecule has 0 radical (unpaired) electrons. The van der Waals surface area contributed by atoms with Crippen molar-refractivity contribution in [2.45, 2.75) is 18.9 Å². The maximum Gasteiger partial charge on any atom is 0.138 e. The molecular weight excluding hydrogens is 298 g/mol. The van der Waals surface area contributed by atoms with Crippen LogP contribution in [0, 0.1) is 0 Å². The first kappa shape index (κ1) is 14.1. The van der Waals surface area contributed by atoms with Crippen molar-refractivity contribution in [3.05, 3.63) is 29.3 Å². The Hall–Kier alpha value is -1.52. The fourth-order valence-corrected chi connectivity index (χ4v) is 3.44. The third-order valence-electron chi connectivity index (χ3n) is 4.65. The highest BCUT2D eigenvalue weighted by atomic mass is 35.5. The number of anilines is 1. The largest absolute Gasteiger partial charge is 0.495 e. The number of ether oxygens (including phenoxy) is 1. The Labute approximate surface area is 135 Å². The van der Waals surface area contributed by atoms with Gasteiger partial charge < -0.3 is 9.64 Å². The SMILES string of the molecule is COc1cc2ccc(N3CCN(C4CC4)CC3)nc2cc1Cl. The lowest BCUT2D eigenvalue weighted by atomic mass is 10.2. The quantitative estimate of drug-likeness (QED) is 0.869. The van der Waals surface area contributed by atoms with Gasteiger partial charge in [-0.25, -0.2) is 4.98 Å². The number of pyridine rings is 1. The Bertz CT molecular complexity index is 694. The van der Waals surface area contributed by atoms with E-state index in [0.29, 0.717) is 10.8 Å². The molecule has 1 aliphatic heterocycles. The summed E-state index contributed by atoms with van der Waals surface area (Å²) in [6, 6.07) is 8.89. The van der Waals surface area contributed by atoms with Crippen molar-refractivity contribution >= 4 is 28.3 Å². The lowest BCUT2D eigenvalue weighted by molar-refractivity contribution is 0.247. The second-order valence-corrected chi connectivity index (χ2v) is 6.51. The van der Waals surface area contributed by atoms with E-state index < -0.39 is 0 Å². The summed E-state index contributed by atoms with van der Waals surface area (Å²) in [6.45, 7) is 4.40. The number of benzene rings is 1.